The van der Waals surface area contributed by atoms with Gasteiger partial charge < -0.3 is 5.32 Å². The van der Waals surface area contributed by atoms with Gasteiger partial charge >= 0.3 is 0 Å². The van der Waals surface area contributed by atoms with Crippen molar-refractivity contribution >= 4 is 11.3 Å². The fraction of sp³-hybridized carbons (Fsp3) is 0.474. The van der Waals surface area contributed by atoms with Gasteiger partial charge in [0.05, 0.1) is 0 Å². The molecule has 114 valence electrons. The predicted octanol–water partition coefficient (Wildman–Crippen LogP) is 5.02. The van der Waals surface area contributed by atoms with Crippen LogP contribution in [0.3, 0.4) is 0 Å². The zero-order chi connectivity index (χ0) is 15.1. The standard InChI is InChI=1S/C19H27NS/c1-15(2)13-20-14-18(9-10-19-8-5-11-21-19)17-7-4-6-16(3)12-17/h4-8,11-12,15,18,20H,9-10,13-14H2,1-3H3. The zero-order valence-corrected chi connectivity index (χ0v) is 14.2. The molecule has 0 aliphatic heterocycles. The molecule has 1 N–H and O–H groups in total. The minimum Gasteiger partial charge on any atom is -0.316 e. The Morgan fingerprint density at radius 1 is 1.10 bits per heavy atom. The molecule has 1 aromatic carbocycles. The van der Waals surface area contributed by atoms with Gasteiger partial charge in [0.2, 0.25) is 0 Å². The molecule has 0 fully saturated rings. The fourth-order valence-corrected chi connectivity index (χ4v) is 3.35. The van der Waals surface area contributed by atoms with Gasteiger partial charge in [-0.2, -0.15) is 0 Å². The summed E-state index contributed by atoms with van der Waals surface area (Å²) in [6.07, 6.45) is 2.40. The summed E-state index contributed by atoms with van der Waals surface area (Å²) in [5.74, 6) is 1.31. The van der Waals surface area contributed by atoms with E-state index < -0.39 is 0 Å². The van der Waals surface area contributed by atoms with E-state index in [1.165, 1.54) is 28.8 Å². The third-order valence-corrected chi connectivity index (χ3v) is 4.71. The molecule has 0 radical (unpaired) electrons. The molecule has 1 atom stereocenters. The van der Waals surface area contributed by atoms with Crippen molar-refractivity contribution in [3.8, 4) is 0 Å². The first-order valence-electron chi connectivity index (χ1n) is 7.95. The van der Waals surface area contributed by atoms with Gasteiger partial charge in [-0.25, -0.2) is 0 Å². The molecule has 2 rings (SSSR count). The van der Waals surface area contributed by atoms with Gasteiger partial charge in [0.1, 0.15) is 0 Å². The quantitative estimate of drug-likeness (QED) is 0.722. The van der Waals surface area contributed by atoms with Crippen molar-refractivity contribution < 1.29 is 0 Å². The van der Waals surface area contributed by atoms with Crippen LogP contribution in [0.25, 0.3) is 0 Å². The van der Waals surface area contributed by atoms with Gasteiger partial charge in [-0.3, -0.25) is 0 Å². The third-order valence-electron chi connectivity index (χ3n) is 3.78. The molecular formula is C19H27NS. The Morgan fingerprint density at radius 3 is 2.62 bits per heavy atom. The topological polar surface area (TPSA) is 12.0 Å². The van der Waals surface area contributed by atoms with E-state index >= 15 is 0 Å². The van der Waals surface area contributed by atoms with E-state index in [-0.39, 0.29) is 0 Å². The van der Waals surface area contributed by atoms with E-state index in [0.29, 0.717) is 11.8 Å². The average Bonchev–Trinajstić information content (AvgIpc) is 2.95. The lowest BCUT2D eigenvalue weighted by atomic mass is 9.92. The second-order valence-electron chi connectivity index (χ2n) is 6.28. The maximum atomic E-state index is 3.64. The summed E-state index contributed by atoms with van der Waals surface area (Å²) in [6, 6.07) is 13.4. The van der Waals surface area contributed by atoms with Crippen LogP contribution >= 0.6 is 11.3 Å². The lowest BCUT2D eigenvalue weighted by Crippen LogP contribution is -2.25. The molecule has 1 nitrogen and oxygen atoms in total. The lowest BCUT2D eigenvalue weighted by molar-refractivity contribution is 0.501. The average molecular weight is 301 g/mol. The van der Waals surface area contributed by atoms with Crippen LogP contribution < -0.4 is 5.32 Å². The van der Waals surface area contributed by atoms with Crippen molar-refractivity contribution in [2.75, 3.05) is 13.1 Å². The van der Waals surface area contributed by atoms with Crippen LogP contribution in [0, 0.1) is 12.8 Å². The SMILES string of the molecule is Cc1cccc(C(CCc2cccs2)CNCC(C)C)c1. The second kappa shape index (κ2) is 8.35. The molecule has 2 heteroatoms. The fourth-order valence-electron chi connectivity index (χ4n) is 2.63. The summed E-state index contributed by atoms with van der Waals surface area (Å²) in [7, 11) is 0. The van der Waals surface area contributed by atoms with Crippen molar-refractivity contribution in [1.29, 1.82) is 0 Å². The summed E-state index contributed by atoms with van der Waals surface area (Å²) in [4.78, 5) is 1.50. The van der Waals surface area contributed by atoms with Gasteiger partial charge in [-0.1, -0.05) is 49.7 Å². The number of nitrogens with one attached hydrogen (secondary N) is 1. The van der Waals surface area contributed by atoms with Crippen LogP contribution in [0.5, 0.6) is 0 Å². The van der Waals surface area contributed by atoms with Crippen LogP contribution in [0.4, 0.5) is 0 Å². The van der Waals surface area contributed by atoms with Gasteiger partial charge in [0.15, 0.2) is 0 Å². The van der Waals surface area contributed by atoms with Gasteiger partial charge in [-0.15, -0.1) is 11.3 Å². The molecule has 21 heavy (non-hydrogen) atoms. The largest absolute Gasteiger partial charge is 0.316 e. The van der Waals surface area contributed by atoms with Gasteiger partial charge in [-0.05, 0) is 55.2 Å². The highest BCUT2D eigenvalue weighted by molar-refractivity contribution is 7.09. The minimum atomic E-state index is 0.603. The summed E-state index contributed by atoms with van der Waals surface area (Å²) in [5, 5.41) is 5.81. The van der Waals surface area contributed by atoms with Gasteiger partial charge in [0, 0.05) is 11.4 Å². The smallest absolute Gasteiger partial charge is 0.00454 e. The van der Waals surface area contributed by atoms with Crippen molar-refractivity contribution in [1.82, 2.24) is 5.32 Å². The zero-order valence-electron chi connectivity index (χ0n) is 13.4. The monoisotopic (exact) mass is 301 g/mol. The Morgan fingerprint density at radius 2 is 1.95 bits per heavy atom. The molecule has 0 spiro atoms. The molecule has 1 heterocycles. The Bertz CT molecular complexity index is 516. The summed E-state index contributed by atoms with van der Waals surface area (Å²) in [6.45, 7) is 8.89. The van der Waals surface area contributed by atoms with E-state index in [9.17, 15) is 0 Å². The van der Waals surface area contributed by atoms with Crippen molar-refractivity contribution in [3.63, 3.8) is 0 Å². The van der Waals surface area contributed by atoms with Crippen molar-refractivity contribution in [2.24, 2.45) is 5.92 Å². The van der Waals surface area contributed by atoms with Crippen molar-refractivity contribution in [3.05, 3.63) is 57.8 Å². The highest BCUT2D eigenvalue weighted by atomic mass is 32.1. The highest BCUT2D eigenvalue weighted by Gasteiger charge is 2.12. The molecule has 2 aromatic rings. The number of hydrogen-bond acceptors (Lipinski definition) is 2. The predicted molar refractivity (Wildman–Crippen MR) is 94.3 cm³/mol. The molecule has 1 unspecified atom stereocenters. The number of benzene rings is 1. The normalized spacial score (nSPS) is 12.8. The minimum absolute atomic E-state index is 0.603. The Kier molecular flexibility index (Phi) is 6.47. The highest BCUT2D eigenvalue weighted by Crippen LogP contribution is 2.23. The van der Waals surface area contributed by atoms with Crippen LogP contribution in [0.15, 0.2) is 41.8 Å². The number of aryl methyl sites for hydroxylation is 2. The first-order valence-corrected chi connectivity index (χ1v) is 8.82. The summed E-state index contributed by atoms with van der Waals surface area (Å²) in [5.41, 5.74) is 2.83. The lowest BCUT2D eigenvalue weighted by Gasteiger charge is -2.19. The second-order valence-corrected chi connectivity index (χ2v) is 7.31. The number of rotatable bonds is 8. The van der Waals surface area contributed by atoms with Crippen molar-refractivity contribution in [2.45, 2.75) is 39.5 Å². The Balaban J connectivity index is 1.98. The molecule has 1 aromatic heterocycles. The molecule has 0 amide bonds. The van der Waals surface area contributed by atoms with E-state index in [4.69, 9.17) is 0 Å². The molecule has 0 saturated heterocycles. The first kappa shape index (κ1) is 16.3. The summed E-state index contributed by atoms with van der Waals surface area (Å²) >= 11 is 1.87. The Hall–Kier alpha value is -1.12. The molecule has 0 aliphatic rings. The van der Waals surface area contributed by atoms with E-state index in [0.717, 1.165) is 13.1 Å². The van der Waals surface area contributed by atoms with Gasteiger partial charge in [0.25, 0.3) is 0 Å². The molecule has 0 saturated carbocycles. The molecular weight excluding hydrogens is 274 g/mol. The van der Waals surface area contributed by atoms with Crippen LogP contribution in [0.2, 0.25) is 0 Å². The third kappa shape index (κ3) is 5.64. The molecule has 0 aliphatic carbocycles. The number of thiophene rings is 1. The van der Waals surface area contributed by atoms with Crippen LogP contribution in [0.1, 0.15) is 42.2 Å². The first-order chi connectivity index (χ1) is 10.1. The van der Waals surface area contributed by atoms with E-state index in [1.807, 2.05) is 11.3 Å². The maximum absolute atomic E-state index is 3.64. The van der Waals surface area contributed by atoms with E-state index in [1.54, 1.807) is 0 Å². The van der Waals surface area contributed by atoms with Crippen LogP contribution in [-0.2, 0) is 6.42 Å². The number of hydrogen-bond donors (Lipinski definition) is 1. The summed E-state index contributed by atoms with van der Waals surface area (Å²) < 4.78 is 0. The van der Waals surface area contributed by atoms with E-state index in [2.05, 4.69) is 67.9 Å². The maximum Gasteiger partial charge on any atom is 0.00454 e. The molecule has 0 bridgehead atoms. The Labute approximate surface area is 133 Å². The van der Waals surface area contributed by atoms with Crippen LogP contribution in [-0.4, -0.2) is 13.1 Å².